The summed E-state index contributed by atoms with van der Waals surface area (Å²) in [5, 5.41) is 2.65. The van der Waals surface area contributed by atoms with E-state index in [2.05, 4.69) is 20.3 Å². The van der Waals surface area contributed by atoms with Crippen LogP contribution in [0.3, 0.4) is 0 Å². The van der Waals surface area contributed by atoms with Crippen LogP contribution >= 0.6 is 11.6 Å². The Hall–Kier alpha value is -19.0. The van der Waals surface area contributed by atoms with Crippen molar-refractivity contribution in [1.29, 1.82) is 0 Å². The van der Waals surface area contributed by atoms with E-state index in [1.54, 1.807) is 280 Å². The number of allylic oxidation sites excluding steroid dienone is 8. The minimum atomic E-state index is -0.517. The molecule has 14 heterocycles. The highest BCUT2D eigenvalue weighted by atomic mass is 35.5. The summed E-state index contributed by atoms with van der Waals surface area (Å²) < 4.78 is 7.15. The number of ketones is 8. The lowest BCUT2D eigenvalue weighted by atomic mass is 10.1. The molecule has 0 atom stereocenters. The number of aromatic nitrogens is 7. The van der Waals surface area contributed by atoms with E-state index in [4.69, 9.17) is 11.6 Å². The largest absolute Gasteiger partial charge is 1.00 e. The molecule has 31 heteroatoms. The summed E-state index contributed by atoms with van der Waals surface area (Å²) in [6, 6.07) is 77.4. The van der Waals surface area contributed by atoms with E-state index in [0.29, 0.717) is 90.8 Å². The first-order chi connectivity index (χ1) is 68.4. The van der Waals surface area contributed by atoms with Crippen LogP contribution in [0.1, 0.15) is 161 Å². The molecular weight excluding hydrogens is 1840 g/mol. The second-order valence-corrected chi connectivity index (χ2v) is 33.4. The van der Waals surface area contributed by atoms with Crippen molar-refractivity contribution in [2.75, 3.05) is 34.7 Å². The normalized spacial score (nSPS) is 16.1. The molecular formula is C111H75Cl2N14O15+3. The zero-order chi connectivity index (χ0) is 98.3. The number of aryl methyl sites for hydroxylation is 4. The maximum Gasteiger partial charge on any atom is 0.263 e. The van der Waals surface area contributed by atoms with Gasteiger partial charge in [-0.25, -0.2) is 18.3 Å². The van der Waals surface area contributed by atoms with Crippen LogP contribution in [0.2, 0.25) is 0 Å². The van der Waals surface area contributed by atoms with Crippen molar-refractivity contribution in [2.24, 2.45) is 28.2 Å². The number of anilines is 7. The van der Waals surface area contributed by atoms with Crippen LogP contribution in [0.25, 0.3) is 0 Å². The Morgan fingerprint density at radius 2 is 0.465 bits per heavy atom. The van der Waals surface area contributed by atoms with Crippen LogP contribution < -0.4 is 65.4 Å². The number of fused-ring (bicyclic) bond motifs is 8. The summed E-state index contributed by atoms with van der Waals surface area (Å²) in [5.41, 5.74) is 9.43. The van der Waals surface area contributed by atoms with Crippen molar-refractivity contribution in [3.8, 4) is 0 Å². The first-order valence-corrected chi connectivity index (χ1v) is 44.3. The SMILES string of the molecule is C[n+]1ccc(C(=O)N2/C(=C3\C(=O)c4ccccc4N3C(=O)c3cc[n+](C)cc3)C(=O)c3ccccc32)cc1.C[n+]1ccc(C(=O)N2/C(=C3\C(=O)c4ccccc4N3C(=O)c3cc[n+](C)cc3)C(=O)c3ccccc32)cc1.O=C(Cl)c1ccncc1.O=C1/C(=C2/C(=O)c3ccccc3N2C(=O)c2ccncc2)N(C(=O)c2ccncc2)c2ccccc21.O=C1/C(=C2\Nc3ccccc3C2=O)Cc2ccccc21.[Cl-]. The number of hydrogen-bond acceptors (Lipinski definition) is 19. The van der Waals surface area contributed by atoms with Gasteiger partial charge in [0.15, 0.2) is 55.4 Å². The number of pyridine rings is 7. The summed E-state index contributed by atoms with van der Waals surface area (Å²) in [5.74, 6) is -6.08. The topological polar surface area (TPSA) is 342 Å². The van der Waals surface area contributed by atoms with E-state index in [1.165, 1.54) is 90.8 Å². The molecule has 0 unspecified atom stereocenters. The second-order valence-electron chi connectivity index (χ2n) is 33.0. The van der Waals surface area contributed by atoms with Gasteiger partial charge in [-0.05, 0) is 138 Å². The fourth-order valence-electron chi connectivity index (χ4n) is 17.5. The Kier molecular flexibility index (Phi) is 25.7. The number of nitrogens with zero attached hydrogens (tertiary/aromatic N) is 13. The third-order valence-electron chi connectivity index (χ3n) is 24.4. The molecule has 1 N–H and O–H groups in total. The Morgan fingerprint density at radius 3 is 0.697 bits per heavy atom. The van der Waals surface area contributed by atoms with E-state index >= 15 is 0 Å². The molecule has 0 saturated heterocycles. The maximum absolute atomic E-state index is 13.9. The third-order valence-corrected chi connectivity index (χ3v) is 24.6. The molecule has 7 aliphatic heterocycles. The van der Waals surface area contributed by atoms with Gasteiger partial charge in [0.1, 0.15) is 62.4 Å². The van der Waals surface area contributed by atoms with Crippen molar-refractivity contribution in [3.63, 3.8) is 0 Å². The summed E-state index contributed by atoms with van der Waals surface area (Å²) in [7, 11) is 7.32. The molecule has 1 aliphatic carbocycles. The Bertz CT molecular complexity index is 7380. The molecule has 0 bridgehead atoms. The quantitative estimate of drug-likeness (QED) is 0.0880. The van der Waals surface area contributed by atoms with E-state index in [0.717, 1.165) is 11.3 Å². The Labute approximate surface area is 820 Å². The average molecular weight is 1920 g/mol. The number of benzene rings is 8. The molecule has 0 fully saturated rings. The standard InChI is InChI=1S/2C30H22N4O4.C28H16N4O4.C17H11NO2.C6H4ClNO.ClH/c2*1-31-15-11-19(12-16-31)29(37)33-23-9-5-3-7-21(23)27(35)25(33)26-28(36)22-8-4-6-10-24(22)34(26)30(38)20-13-17-32(2)18-14-20;33-25-19-5-1-3-7-21(19)31(27(35)17-9-13-29-14-10-17)23(25)24-26(34)20-6-2-4-8-22(20)32(24)28(36)18-11-15-30-16-12-18;19-16-11-6-2-1-5-10(11)9-13(16)15-17(20)12-7-3-4-8-14(12)18-15;7-6(9)5-1-3-8-4-2-5;/h2*3-18H,1-2H3;1-16H;1-8,18H,9H2;1-4H;1H/q2*+2;;;;/p-1/b2*26-25+;24-23+;15-13-;;. The van der Waals surface area contributed by atoms with Gasteiger partial charge in [0.05, 0.1) is 62.1 Å². The Morgan fingerprint density at radius 1 is 0.254 bits per heavy atom. The molecule has 142 heavy (non-hydrogen) atoms. The molecule has 8 aromatic carbocycles. The van der Waals surface area contributed by atoms with Crippen molar-refractivity contribution in [1.82, 2.24) is 15.0 Å². The predicted octanol–water partition coefficient (Wildman–Crippen LogP) is 11.4. The molecule has 23 rings (SSSR count). The molecule has 8 aliphatic rings. The third kappa shape index (κ3) is 16.9. The maximum atomic E-state index is 13.9. The van der Waals surface area contributed by atoms with Crippen LogP contribution in [0, 0.1) is 0 Å². The fraction of sp³-hybridized carbons (Fsp3) is 0.0450. The van der Waals surface area contributed by atoms with E-state index in [-0.39, 0.29) is 103 Å². The zero-order valence-corrected chi connectivity index (χ0v) is 77.1. The van der Waals surface area contributed by atoms with Crippen molar-refractivity contribution in [3.05, 3.63) is 500 Å². The van der Waals surface area contributed by atoms with Crippen LogP contribution in [0.4, 0.5) is 39.8 Å². The lowest BCUT2D eigenvalue weighted by molar-refractivity contribution is -0.671. The van der Waals surface area contributed by atoms with Crippen molar-refractivity contribution in [2.45, 2.75) is 6.42 Å². The second kappa shape index (κ2) is 39.0. The highest BCUT2D eigenvalue weighted by Crippen LogP contribution is 2.49. The number of carbonyl (C=O) groups excluding carboxylic acids is 15. The van der Waals surface area contributed by atoms with Gasteiger partial charge >= 0.3 is 0 Å². The number of nitrogens with one attached hydrogen (secondary N) is 1. The lowest BCUT2D eigenvalue weighted by Crippen LogP contribution is -3.00. The summed E-state index contributed by atoms with van der Waals surface area (Å²) in [6.45, 7) is 0. The summed E-state index contributed by atoms with van der Waals surface area (Å²) >= 11 is 5.14. The molecule has 15 aromatic rings. The molecule has 690 valence electrons. The van der Waals surface area contributed by atoms with Crippen LogP contribution in [0.5, 0.6) is 0 Å². The van der Waals surface area contributed by atoms with E-state index < -0.39 is 75.4 Å². The number of hydrogen-bond donors (Lipinski definition) is 1. The van der Waals surface area contributed by atoms with Crippen LogP contribution in [-0.4, -0.2) is 102 Å². The van der Waals surface area contributed by atoms with Crippen molar-refractivity contribution < 1.29 is 103 Å². The monoisotopic (exact) mass is 1910 g/mol. The minimum Gasteiger partial charge on any atom is -1.00 e. The van der Waals surface area contributed by atoms with Gasteiger partial charge in [-0.1, -0.05) is 109 Å². The summed E-state index contributed by atoms with van der Waals surface area (Å²) in [4.78, 5) is 221. The van der Waals surface area contributed by atoms with E-state index in [9.17, 15) is 71.9 Å². The van der Waals surface area contributed by atoms with Crippen LogP contribution in [0.15, 0.2) is 411 Å². The molecule has 0 saturated carbocycles. The Balaban J connectivity index is 0.000000123. The van der Waals surface area contributed by atoms with Gasteiger partial charge in [0.2, 0.25) is 40.5 Å². The number of para-hydroxylation sites is 7. The number of rotatable bonds is 7. The highest BCUT2D eigenvalue weighted by Gasteiger charge is 2.52. The van der Waals surface area contributed by atoms with Gasteiger partial charge in [0, 0.05) is 165 Å². The van der Waals surface area contributed by atoms with Gasteiger partial charge in [-0.15, -0.1) is 0 Å². The van der Waals surface area contributed by atoms with Gasteiger partial charge in [0.25, 0.3) is 40.7 Å². The first kappa shape index (κ1) is 93.4. The first-order valence-electron chi connectivity index (χ1n) is 44.0. The smallest absolute Gasteiger partial charge is 0.263 e. The average Bonchev–Trinajstić information content (AvgIpc) is 1.57. The molecule has 7 aromatic heterocycles. The number of carbonyl (C=O) groups is 15. The predicted molar refractivity (Wildman–Crippen MR) is 516 cm³/mol. The van der Waals surface area contributed by atoms with E-state index in [1.807, 2.05) is 70.7 Å². The molecule has 29 nitrogen and oxygen atoms in total. The highest BCUT2D eigenvalue weighted by molar-refractivity contribution is 6.67. The number of halogens is 2. The summed E-state index contributed by atoms with van der Waals surface area (Å²) in [6.07, 6.45) is 23.3. The minimum absolute atomic E-state index is 0. The van der Waals surface area contributed by atoms with Gasteiger partial charge in [-0.3, -0.25) is 116 Å². The molecule has 0 radical (unpaired) electrons. The number of Topliss-reactive ketones (excluding diaryl/α,β-unsaturated/α-hetero) is 8. The van der Waals surface area contributed by atoms with Gasteiger partial charge < -0.3 is 17.7 Å². The lowest BCUT2D eigenvalue weighted by Gasteiger charge is -2.24. The fourth-order valence-corrected chi connectivity index (χ4v) is 17.6. The molecule has 6 amide bonds. The van der Waals surface area contributed by atoms with Gasteiger partial charge in [-0.2, -0.15) is 0 Å². The van der Waals surface area contributed by atoms with Crippen LogP contribution in [-0.2, 0) is 34.6 Å². The zero-order valence-electron chi connectivity index (χ0n) is 75.5. The number of amides is 6. The molecule has 0 spiro atoms. The van der Waals surface area contributed by atoms with Crippen molar-refractivity contribution >= 4 is 138 Å².